The van der Waals surface area contributed by atoms with Crippen molar-refractivity contribution < 1.29 is 4.39 Å². The third kappa shape index (κ3) is 6.65. The molecule has 13 rings (SSSR count). The quantitative estimate of drug-likeness (QED) is 0.134. The Hall–Kier alpha value is -8.99. The molecule has 320 valence electrons. The summed E-state index contributed by atoms with van der Waals surface area (Å²) in [5.41, 5.74) is 14.1. The maximum Gasteiger partial charge on any atom is 0.123 e. The second-order valence-electron chi connectivity index (χ2n) is 17.5. The average molecular weight is 872 g/mol. The molecule has 0 N–H and O–H groups in total. The number of anilines is 6. The Kier molecular flexibility index (Phi) is 9.36. The topological polar surface area (TPSA) is 11.4 Å². The molecule has 0 unspecified atom stereocenters. The van der Waals surface area contributed by atoms with Crippen LogP contribution in [-0.4, -0.2) is 4.57 Å². The van der Waals surface area contributed by atoms with E-state index in [1.54, 1.807) is 12.1 Å². The molecule has 0 aliphatic carbocycles. The van der Waals surface area contributed by atoms with Gasteiger partial charge in [-0.2, -0.15) is 0 Å². The highest BCUT2D eigenvalue weighted by atomic mass is 19.1. The molecule has 4 heteroatoms. The molecule has 0 saturated carbocycles. The normalized spacial score (nSPS) is 11.6. The van der Waals surface area contributed by atoms with Crippen LogP contribution in [0.15, 0.2) is 255 Å². The summed E-state index contributed by atoms with van der Waals surface area (Å²) in [4.78, 5) is 4.62. The molecule has 0 fully saturated rings. The number of fused-ring (bicyclic) bond motifs is 4. The van der Waals surface area contributed by atoms with Crippen molar-refractivity contribution in [1.82, 2.24) is 4.57 Å². The molecule has 68 heavy (non-hydrogen) atoms. The smallest absolute Gasteiger partial charge is 0.123 e. The van der Waals surface area contributed by atoms with E-state index in [9.17, 15) is 4.39 Å². The first-order valence-electron chi connectivity index (χ1n) is 23.1. The lowest BCUT2D eigenvalue weighted by molar-refractivity contribution is 0.627. The van der Waals surface area contributed by atoms with Crippen LogP contribution in [0.2, 0.25) is 0 Å². The Morgan fingerprint density at radius 3 is 1.31 bits per heavy atom. The van der Waals surface area contributed by atoms with Crippen molar-refractivity contribution >= 4 is 88.2 Å². The summed E-state index contributed by atoms with van der Waals surface area (Å²) in [6, 6.07) is 89.7. The van der Waals surface area contributed by atoms with Crippen molar-refractivity contribution in [2.75, 3.05) is 9.80 Å². The Bertz CT molecular complexity index is 3870. The molecule has 0 spiro atoms. The molecular formula is C64H42FN3. The molecule has 0 aliphatic rings. The van der Waals surface area contributed by atoms with E-state index in [1.807, 2.05) is 12.1 Å². The lowest BCUT2D eigenvalue weighted by Gasteiger charge is -2.28. The lowest BCUT2D eigenvalue weighted by Crippen LogP contribution is -2.12. The minimum Gasteiger partial charge on any atom is -0.311 e. The third-order valence-corrected chi connectivity index (χ3v) is 13.5. The molecule has 13 aromatic rings. The van der Waals surface area contributed by atoms with Gasteiger partial charge in [-0.05, 0) is 170 Å². The fraction of sp³-hybridized carbons (Fsp3) is 0. The minimum absolute atomic E-state index is 0.250. The summed E-state index contributed by atoms with van der Waals surface area (Å²) in [5, 5.41) is 9.80. The van der Waals surface area contributed by atoms with Gasteiger partial charge in [-0.3, -0.25) is 0 Å². The predicted molar refractivity (Wildman–Crippen MR) is 285 cm³/mol. The third-order valence-electron chi connectivity index (χ3n) is 13.5. The van der Waals surface area contributed by atoms with E-state index in [1.165, 1.54) is 48.8 Å². The summed E-state index contributed by atoms with van der Waals surface area (Å²) in [6.45, 7) is 0. The zero-order valence-electron chi connectivity index (χ0n) is 37.0. The number of benzene rings is 12. The summed E-state index contributed by atoms with van der Waals surface area (Å²) in [7, 11) is 0. The molecule has 1 aromatic heterocycles. The molecule has 0 radical (unpaired) electrons. The van der Waals surface area contributed by atoms with Crippen LogP contribution in [-0.2, 0) is 0 Å². The van der Waals surface area contributed by atoms with E-state index in [0.29, 0.717) is 0 Å². The first kappa shape index (κ1) is 39.4. The van der Waals surface area contributed by atoms with Crippen LogP contribution in [0.5, 0.6) is 0 Å². The van der Waals surface area contributed by atoms with E-state index >= 15 is 0 Å². The zero-order chi connectivity index (χ0) is 45.1. The SMILES string of the molecule is Fc1ccc(-n2c3ccc(-c4ccc(N(c5ccc(-c6ccccc6)cc5)c5ccc(N(c6ccccc6)c6ccccc6)cc5)cc4)cc3c3c4ccc5cccc6ccc(cc32)c4c65)cc1. The Balaban J connectivity index is 0.933. The number of para-hydroxylation sites is 2. The molecule has 0 amide bonds. The number of hydrogen-bond donors (Lipinski definition) is 0. The van der Waals surface area contributed by atoms with Crippen molar-refractivity contribution in [3.63, 3.8) is 0 Å². The first-order valence-corrected chi connectivity index (χ1v) is 23.1. The van der Waals surface area contributed by atoms with Gasteiger partial charge < -0.3 is 14.4 Å². The van der Waals surface area contributed by atoms with Gasteiger partial charge in [0, 0.05) is 50.6 Å². The number of nitrogens with zero attached hydrogens (tertiary/aromatic N) is 3. The van der Waals surface area contributed by atoms with Crippen LogP contribution in [0.3, 0.4) is 0 Å². The van der Waals surface area contributed by atoms with Crippen molar-refractivity contribution in [2.45, 2.75) is 0 Å². The molecule has 12 aromatic carbocycles. The highest BCUT2D eigenvalue weighted by Crippen LogP contribution is 2.45. The van der Waals surface area contributed by atoms with E-state index in [-0.39, 0.29) is 5.82 Å². The summed E-state index contributed by atoms with van der Waals surface area (Å²) in [6.07, 6.45) is 0. The second kappa shape index (κ2) is 16.2. The van der Waals surface area contributed by atoms with Crippen LogP contribution in [0.25, 0.3) is 82.1 Å². The predicted octanol–water partition coefficient (Wildman–Crippen LogP) is 18.1. The standard InChI is InChI=1S/C64H42FN3/c65-50-27-33-57(34-28-50)68-60-40-26-48(41-59(60)64-58-39-25-47-14-10-13-46-19-20-49(42-61(64)68)63(58)62(46)47)45-23-31-54(32-24-45)67(53-29-21-44(22-30-53)43-11-4-1-5-12-43)56-37-35-55(36-38-56)66(51-15-6-2-7-16-51)52-17-8-3-9-18-52/h1-42H. The molecule has 0 aliphatic heterocycles. The van der Waals surface area contributed by atoms with Crippen molar-refractivity contribution in [3.8, 4) is 27.9 Å². The maximum absolute atomic E-state index is 14.4. The molecule has 0 bridgehead atoms. The molecule has 1 heterocycles. The molecule has 0 atom stereocenters. The summed E-state index contributed by atoms with van der Waals surface area (Å²) >= 11 is 0. The first-order chi connectivity index (χ1) is 33.6. The van der Waals surface area contributed by atoms with Gasteiger partial charge in [0.25, 0.3) is 0 Å². The van der Waals surface area contributed by atoms with Crippen molar-refractivity contribution in [3.05, 3.63) is 261 Å². The number of hydrogen-bond acceptors (Lipinski definition) is 2. The minimum atomic E-state index is -0.250. The molecular weight excluding hydrogens is 830 g/mol. The summed E-state index contributed by atoms with van der Waals surface area (Å²) < 4.78 is 16.7. The Morgan fingerprint density at radius 1 is 0.279 bits per heavy atom. The van der Waals surface area contributed by atoms with Crippen LogP contribution in [0.4, 0.5) is 38.5 Å². The van der Waals surface area contributed by atoms with E-state index < -0.39 is 0 Å². The van der Waals surface area contributed by atoms with Crippen LogP contribution < -0.4 is 9.80 Å². The maximum atomic E-state index is 14.4. The van der Waals surface area contributed by atoms with Gasteiger partial charge in [-0.1, -0.05) is 140 Å². The van der Waals surface area contributed by atoms with Crippen molar-refractivity contribution in [1.29, 1.82) is 0 Å². The van der Waals surface area contributed by atoms with Gasteiger partial charge in [0.15, 0.2) is 0 Å². The summed E-state index contributed by atoms with van der Waals surface area (Å²) in [5.74, 6) is -0.250. The van der Waals surface area contributed by atoms with Gasteiger partial charge >= 0.3 is 0 Å². The van der Waals surface area contributed by atoms with Gasteiger partial charge in [0.05, 0.1) is 11.0 Å². The van der Waals surface area contributed by atoms with E-state index in [0.717, 1.165) is 67.4 Å². The van der Waals surface area contributed by atoms with E-state index in [2.05, 4.69) is 245 Å². The van der Waals surface area contributed by atoms with Gasteiger partial charge in [0.2, 0.25) is 0 Å². The highest BCUT2D eigenvalue weighted by molar-refractivity contribution is 6.33. The zero-order valence-corrected chi connectivity index (χ0v) is 37.0. The largest absolute Gasteiger partial charge is 0.311 e. The Morgan fingerprint density at radius 2 is 0.735 bits per heavy atom. The van der Waals surface area contributed by atoms with Crippen LogP contribution >= 0.6 is 0 Å². The average Bonchev–Trinajstić information content (AvgIpc) is 3.73. The van der Waals surface area contributed by atoms with Gasteiger partial charge in [-0.25, -0.2) is 4.39 Å². The Labute approximate surface area is 393 Å². The monoisotopic (exact) mass is 871 g/mol. The molecule has 3 nitrogen and oxygen atoms in total. The van der Waals surface area contributed by atoms with Crippen LogP contribution in [0, 0.1) is 5.82 Å². The lowest BCUT2D eigenvalue weighted by atomic mass is 9.91. The number of halogens is 1. The van der Waals surface area contributed by atoms with Crippen LogP contribution in [0.1, 0.15) is 0 Å². The fourth-order valence-electron chi connectivity index (χ4n) is 10.4. The van der Waals surface area contributed by atoms with Gasteiger partial charge in [0.1, 0.15) is 5.82 Å². The number of aromatic nitrogens is 1. The van der Waals surface area contributed by atoms with Crippen molar-refractivity contribution in [2.24, 2.45) is 0 Å². The fourth-order valence-corrected chi connectivity index (χ4v) is 10.4. The highest BCUT2D eigenvalue weighted by Gasteiger charge is 2.21. The molecule has 0 saturated heterocycles. The number of rotatable bonds is 9. The van der Waals surface area contributed by atoms with E-state index in [4.69, 9.17) is 0 Å². The van der Waals surface area contributed by atoms with Gasteiger partial charge in [-0.15, -0.1) is 0 Å². The second-order valence-corrected chi connectivity index (χ2v) is 17.5.